The van der Waals surface area contributed by atoms with Gasteiger partial charge in [-0.25, -0.2) is 0 Å². The summed E-state index contributed by atoms with van der Waals surface area (Å²) in [6.07, 6.45) is 3.79. The summed E-state index contributed by atoms with van der Waals surface area (Å²) in [7, 11) is 0. The second-order valence-corrected chi connectivity index (χ2v) is 6.80. The van der Waals surface area contributed by atoms with Gasteiger partial charge in [0.25, 0.3) is 0 Å². The minimum Gasteiger partial charge on any atom is -0.303 e. The molecule has 0 amide bonds. The molecule has 2 aromatic rings. The number of benzene rings is 1. The van der Waals surface area contributed by atoms with Crippen LogP contribution < -0.4 is 5.32 Å². The van der Waals surface area contributed by atoms with Gasteiger partial charge in [0.05, 0.1) is 0 Å². The fourth-order valence-corrected chi connectivity index (χ4v) is 3.89. The Morgan fingerprint density at radius 3 is 2.84 bits per heavy atom. The van der Waals surface area contributed by atoms with E-state index in [-0.39, 0.29) is 0 Å². The first-order valence-electron chi connectivity index (χ1n) is 7.14. The predicted molar refractivity (Wildman–Crippen MR) is 82.7 cm³/mol. The smallest absolute Gasteiger partial charge is 0.0391 e. The van der Waals surface area contributed by atoms with Crippen LogP contribution in [0.15, 0.2) is 36.4 Å². The van der Waals surface area contributed by atoms with Crippen LogP contribution >= 0.6 is 11.3 Å². The zero-order valence-electron chi connectivity index (χ0n) is 11.6. The summed E-state index contributed by atoms with van der Waals surface area (Å²) in [6.45, 7) is 4.46. The van der Waals surface area contributed by atoms with E-state index in [2.05, 4.69) is 55.6 Å². The van der Waals surface area contributed by atoms with Gasteiger partial charge in [0, 0.05) is 21.8 Å². The van der Waals surface area contributed by atoms with Crippen molar-refractivity contribution in [3.8, 4) is 0 Å². The standard InChI is InChI=1S/C17H21NS/c1-12-10-11-17(19-12)13(2)18-16-9-5-7-14-6-3-4-8-15(14)16/h3-4,6,8,10-11,13,16,18H,5,7,9H2,1-2H3. The molecule has 3 rings (SSSR count). The van der Waals surface area contributed by atoms with E-state index < -0.39 is 0 Å². The zero-order valence-corrected chi connectivity index (χ0v) is 12.5. The molecule has 2 heteroatoms. The highest BCUT2D eigenvalue weighted by Gasteiger charge is 2.21. The Morgan fingerprint density at radius 2 is 2.05 bits per heavy atom. The van der Waals surface area contributed by atoms with Crippen LogP contribution in [0.2, 0.25) is 0 Å². The van der Waals surface area contributed by atoms with Crippen LogP contribution in [0.1, 0.15) is 52.7 Å². The third-order valence-corrected chi connectivity index (χ3v) is 5.19. The third kappa shape index (κ3) is 2.75. The van der Waals surface area contributed by atoms with Crippen LogP contribution in [-0.2, 0) is 6.42 Å². The van der Waals surface area contributed by atoms with Crippen molar-refractivity contribution in [1.82, 2.24) is 5.32 Å². The molecule has 1 aromatic heterocycles. The summed E-state index contributed by atoms with van der Waals surface area (Å²) in [5, 5.41) is 3.82. The van der Waals surface area contributed by atoms with Gasteiger partial charge in [-0.15, -0.1) is 11.3 Å². The van der Waals surface area contributed by atoms with E-state index in [1.807, 2.05) is 11.3 Å². The molecule has 2 unspecified atom stereocenters. The van der Waals surface area contributed by atoms with E-state index in [1.54, 1.807) is 0 Å². The van der Waals surface area contributed by atoms with E-state index >= 15 is 0 Å². The minimum atomic E-state index is 0.440. The summed E-state index contributed by atoms with van der Waals surface area (Å²) in [4.78, 5) is 2.84. The molecule has 100 valence electrons. The maximum absolute atomic E-state index is 3.82. The number of nitrogens with one attached hydrogen (secondary N) is 1. The lowest BCUT2D eigenvalue weighted by Crippen LogP contribution is -2.27. The Morgan fingerprint density at radius 1 is 1.21 bits per heavy atom. The van der Waals surface area contributed by atoms with Gasteiger partial charge in [-0.3, -0.25) is 0 Å². The fourth-order valence-electron chi connectivity index (χ4n) is 3.00. The lowest BCUT2D eigenvalue weighted by molar-refractivity contribution is 0.418. The molecule has 0 radical (unpaired) electrons. The first kappa shape index (κ1) is 12.9. The summed E-state index contributed by atoms with van der Waals surface area (Å²) < 4.78 is 0. The molecule has 2 atom stereocenters. The summed E-state index contributed by atoms with van der Waals surface area (Å²) in [5.74, 6) is 0. The van der Waals surface area contributed by atoms with Gasteiger partial charge in [-0.05, 0) is 56.4 Å². The van der Waals surface area contributed by atoms with Crippen LogP contribution in [0.25, 0.3) is 0 Å². The van der Waals surface area contributed by atoms with Gasteiger partial charge in [-0.1, -0.05) is 24.3 Å². The Labute approximate surface area is 119 Å². The highest BCUT2D eigenvalue weighted by atomic mass is 32.1. The topological polar surface area (TPSA) is 12.0 Å². The largest absolute Gasteiger partial charge is 0.303 e. The Hall–Kier alpha value is -1.12. The number of rotatable bonds is 3. The van der Waals surface area contributed by atoms with Crippen molar-refractivity contribution in [2.45, 2.75) is 45.2 Å². The highest BCUT2D eigenvalue weighted by molar-refractivity contribution is 7.12. The SMILES string of the molecule is Cc1ccc(C(C)NC2CCCc3ccccc32)s1. The molecule has 1 nitrogen and oxygen atoms in total. The Balaban J connectivity index is 1.77. The second kappa shape index (κ2) is 5.48. The van der Waals surface area contributed by atoms with E-state index in [0.717, 1.165) is 0 Å². The maximum atomic E-state index is 3.82. The van der Waals surface area contributed by atoms with E-state index in [0.29, 0.717) is 12.1 Å². The molecular formula is C17H21NS. The van der Waals surface area contributed by atoms with Crippen LogP contribution in [0.3, 0.4) is 0 Å². The zero-order chi connectivity index (χ0) is 13.2. The van der Waals surface area contributed by atoms with Crippen LogP contribution in [-0.4, -0.2) is 0 Å². The molecule has 1 heterocycles. The van der Waals surface area contributed by atoms with Crippen molar-refractivity contribution in [3.63, 3.8) is 0 Å². The fraction of sp³-hybridized carbons (Fsp3) is 0.412. The molecule has 0 bridgehead atoms. The Kier molecular flexibility index (Phi) is 3.72. The summed E-state index contributed by atoms with van der Waals surface area (Å²) in [6, 6.07) is 14.3. The number of hydrogen-bond acceptors (Lipinski definition) is 2. The molecule has 0 saturated heterocycles. The molecule has 0 spiro atoms. The molecule has 1 aliphatic carbocycles. The number of fused-ring (bicyclic) bond motifs is 1. The predicted octanol–water partition coefficient (Wildman–Crippen LogP) is 4.78. The lowest BCUT2D eigenvalue weighted by atomic mass is 9.87. The third-order valence-electron chi connectivity index (χ3n) is 4.01. The van der Waals surface area contributed by atoms with Gasteiger partial charge in [-0.2, -0.15) is 0 Å². The molecule has 1 aliphatic rings. The van der Waals surface area contributed by atoms with E-state index in [4.69, 9.17) is 0 Å². The number of thiophene rings is 1. The van der Waals surface area contributed by atoms with Crippen molar-refractivity contribution in [2.75, 3.05) is 0 Å². The molecule has 19 heavy (non-hydrogen) atoms. The quantitative estimate of drug-likeness (QED) is 0.846. The maximum Gasteiger partial charge on any atom is 0.0391 e. The minimum absolute atomic E-state index is 0.440. The van der Waals surface area contributed by atoms with Gasteiger partial charge in [0.2, 0.25) is 0 Å². The first-order valence-corrected chi connectivity index (χ1v) is 7.96. The Bertz CT molecular complexity index is 558. The number of hydrogen-bond donors (Lipinski definition) is 1. The van der Waals surface area contributed by atoms with Gasteiger partial charge >= 0.3 is 0 Å². The van der Waals surface area contributed by atoms with Crippen LogP contribution in [0.4, 0.5) is 0 Å². The van der Waals surface area contributed by atoms with E-state index in [9.17, 15) is 0 Å². The van der Waals surface area contributed by atoms with Gasteiger partial charge in [0.1, 0.15) is 0 Å². The molecule has 0 saturated carbocycles. The van der Waals surface area contributed by atoms with E-state index in [1.165, 1.54) is 40.1 Å². The van der Waals surface area contributed by atoms with Crippen molar-refractivity contribution >= 4 is 11.3 Å². The number of aryl methyl sites for hydroxylation is 2. The van der Waals surface area contributed by atoms with Crippen molar-refractivity contribution < 1.29 is 0 Å². The van der Waals surface area contributed by atoms with Crippen LogP contribution in [0, 0.1) is 6.92 Å². The molecule has 1 aromatic carbocycles. The molecule has 0 fully saturated rings. The average molecular weight is 271 g/mol. The molecule has 1 N–H and O–H groups in total. The monoisotopic (exact) mass is 271 g/mol. The summed E-state index contributed by atoms with van der Waals surface area (Å²) in [5.41, 5.74) is 3.04. The van der Waals surface area contributed by atoms with Gasteiger partial charge < -0.3 is 5.32 Å². The molecular weight excluding hydrogens is 250 g/mol. The second-order valence-electron chi connectivity index (χ2n) is 5.48. The lowest BCUT2D eigenvalue weighted by Gasteiger charge is -2.29. The average Bonchev–Trinajstić information content (AvgIpc) is 2.86. The summed E-state index contributed by atoms with van der Waals surface area (Å²) >= 11 is 1.90. The normalized spacial score (nSPS) is 20.0. The van der Waals surface area contributed by atoms with Gasteiger partial charge in [0.15, 0.2) is 0 Å². The molecule has 0 aliphatic heterocycles. The van der Waals surface area contributed by atoms with Crippen LogP contribution in [0.5, 0.6) is 0 Å². The highest BCUT2D eigenvalue weighted by Crippen LogP contribution is 2.32. The first-order chi connectivity index (χ1) is 9.24. The van der Waals surface area contributed by atoms with Crippen molar-refractivity contribution in [3.05, 3.63) is 57.3 Å². The van der Waals surface area contributed by atoms with Crippen molar-refractivity contribution in [1.29, 1.82) is 0 Å². The van der Waals surface area contributed by atoms with Crippen molar-refractivity contribution in [2.24, 2.45) is 0 Å².